The van der Waals surface area contributed by atoms with Crippen molar-refractivity contribution in [3.05, 3.63) is 52.3 Å². The number of nitrogen functional groups attached to an aromatic ring is 1. The minimum absolute atomic E-state index is 0. The van der Waals surface area contributed by atoms with E-state index in [9.17, 15) is 4.79 Å². The number of aryl methyl sites for hydroxylation is 2. The van der Waals surface area contributed by atoms with Gasteiger partial charge in [-0.2, -0.15) is 0 Å². The molecule has 130 valence electrons. The Morgan fingerprint density at radius 1 is 1.33 bits per heavy atom. The summed E-state index contributed by atoms with van der Waals surface area (Å²) in [6.07, 6.45) is 3.10. The molecule has 0 radical (unpaired) electrons. The van der Waals surface area contributed by atoms with E-state index in [0.29, 0.717) is 0 Å². The van der Waals surface area contributed by atoms with Gasteiger partial charge in [0.25, 0.3) is 5.91 Å². The van der Waals surface area contributed by atoms with E-state index in [-0.39, 0.29) is 24.4 Å². The highest BCUT2D eigenvalue weighted by molar-refractivity contribution is 5.96. The van der Waals surface area contributed by atoms with E-state index >= 15 is 0 Å². The maximum Gasteiger partial charge on any atom is 0.253 e. The Hall–Kier alpha value is -1.94. The summed E-state index contributed by atoms with van der Waals surface area (Å²) in [5.41, 5.74) is 12.1. The molecule has 4 nitrogen and oxygen atoms in total. The maximum absolute atomic E-state index is 12.7. The van der Waals surface area contributed by atoms with Crippen molar-refractivity contribution in [3.63, 3.8) is 0 Å². The summed E-state index contributed by atoms with van der Waals surface area (Å²) >= 11 is 0. The van der Waals surface area contributed by atoms with Gasteiger partial charge in [-0.25, -0.2) is 0 Å². The molecule has 0 bridgehead atoms. The molecule has 1 aromatic carbocycles. The SMILES string of the molecule is CCn1c(C)cc(C(=O)NC2CCCc3cc(N)ccc32)c1C.Cl. The van der Waals surface area contributed by atoms with Gasteiger partial charge in [0.05, 0.1) is 11.6 Å². The lowest BCUT2D eigenvalue weighted by Crippen LogP contribution is -2.31. The largest absolute Gasteiger partial charge is 0.399 e. The molecule has 24 heavy (non-hydrogen) atoms. The Morgan fingerprint density at radius 2 is 2.08 bits per heavy atom. The second-order valence-electron chi connectivity index (χ2n) is 6.41. The average Bonchev–Trinajstić information content (AvgIpc) is 2.81. The van der Waals surface area contributed by atoms with Crippen LogP contribution < -0.4 is 11.1 Å². The van der Waals surface area contributed by atoms with Crippen molar-refractivity contribution in [2.24, 2.45) is 0 Å². The maximum atomic E-state index is 12.7. The van der Waals surface area contributed by atoms with Crippen molar-refractivity contribution < 1.29 is 4.79 Å². The van der Waals surface area contributed by atoms with Crippen molar-refractivity contribution in [1.29, 1.82) is 0 Å². The van der Waals surface area contributed by atoms with E-state index in [0.717, 1.165) is 48.4 Å². The Bertz CT molecular complexity index is 751. The summed E-state index contributed by atoms with van der Waals surface area (Å²) in [7, 11) is 0. The number of amides is 1. The summed E-state index contributed by atoms with van der Waals surface area (Å²) < 4.78 is 2.17. The van der Waals surface area contributed by atoms with E-state index in [4.69, 9.17) is 5.73 Å². The molecule has 3 rings (SSSR count). The fourth-order valence-electron chi connectivity index (χ4n) is 3.74. The number of nitrogens with two attached hydrogens (primary N) is 1. The van der Waals surface area contributed by atoms with Gasteiger partial charge in [-0.05, 0) is 69.4 Å². The number of nitrogens with zero attached hydrogens (tertiary/aromatic N) is 1. The number of benzene rings is 1. The number of hydrogen-bond donors (Lipinski definition) is 2. The van der Waals surface area contributed by atoms with Gasteiger partial charge in [-0.3, -0.25) is 4.79 Å². The molecule has 2 aromatic rings. The third-order valence-electron chi connectivity index (χ3n) is 4.92. The number of fused-ring (bicyclic) bond motifs is 1. The summed E-state index contributed by atoms with van der Waals surface area (Å²) in [5, 5.41) is 3.22. The van der Waals surface area contributed by atoms with Gasteiger partial charge in [0.1, 0.15) is 0 Å². The number of aromatic nitrogens is 1. The predicted octanol–water partition coefficient (Wildman–Crippen LogP) is 3.94. The quantitative estimate of drug-likeness (QED) is 0.826. The lowest BCUT2D eigenvalue weighted by Gasteiger charge is -2.26. The first-order valence-corrected chi connectivity index (χ1v) is 8.37. The minimum Gasteiger partial charge on any atom is -0.399 e. The summed E-state index contributed by atoms with van der Waals surface area (Å²) in [6.45, 7) is 7.05. The van der Waals surface area contributed by atoms with Gasteiger partial charge in [0.2, 0.25) is 0 Å². The second kappa shape index (κ2) is 7.31. The second-order valence-corrected chi connectivity index (χ2v) is 6.41. The van der Waals surface area contributed by atoms with Gasteiger partial charge in [-0.15, -0.1) is 12.4 Å². The van der Waals surface area contributed by atoms with Crippen molar-refractivity contribution in [2.45, 2.75) is 52.6 Å². The van der Waals surface area contributed by atoms with Crippen molar-refractivity contribution >= 4 is 24.0 Å². The van der Waals surface area contributed by atoms with E-state index in [2.05, 4.69) is 22.9 Å². The molecular formula is C19H26ClN3O. The smallest absolute Gasteiger partial charge is 0.253 e. The Balaban J connectivity index is 0.00000208. The Kier molecular flexibility index (Phi) is 5.60. The first-order chi connectivity index (χ1) is 11.0. The third-order valence-corrected chi connectivity index (χ3v) is 4.92. The fraction of sp³-hybridized carbons (Fsp3) is 0.421. The summed E-state index contributed by atoms with van der Waals surface area (Å²) in [5.74, 6) is 0.0208. The lowest BCUT2D eigenvalue weighted by atomic mass is 9.87. The zero-order valence-electron chi connectivity index (χ0n) is 14.6. The average molecular weight is 348 g/mol. The van der Waals surface area contributed by atoms with Crippen LogP contribution in [0.5, 0.6) is 0 Å². The molecule has 0 saturated heterocycles. The monoisotopic (exact) mass is 347 g/mol. The lowest BCUT2D eigenvalue weighted by molar-refractivity contribution is 0.0932. The van der Waals surface area contributed by atoms with E-state index in [1.807, 2.05) is 32.0 Å². The molecule has 1 aromatic heterocycles. The van der Waals surface area contributed by atoms with Crippen LogP contribution in [0.25, 0.3) is 0 Å². The van der Waals surface area contributed by atoms with Crippen LogP contribution >= 0.6 is 12.4 Å². The molecule has 0 spiro atoms. The minimum atomic E-state index is 0. The molecular weight excluding hydrogens is 322 g/mol. The van der Waals surface area contributed by atoms with E-state index in [1.165, 1.54) is 11.1 Å². The number of halogens is 1. The topological polar surface area (TPSA) is 60.0 Å². The van der Waals surface area contributed by atoms with Crippen LogP contribution in [0.1, 0.15) is 58.7 Å². The van der Waals surface area contributed by atoms with Crippen LogP contribution in [0.15, 0.2) is 24.3 Å². The number of anilines is 1. The molecule has 5 heteroatoms. The zero-order chi connectivity index (χ0) is 16.6. The van der Waals surface area contributed by atoms with Gasteiger partial charge in [-0.1, -0.05) is 6.07 Å². The van der Waals surface area contributed by atoms with Gasteiger partial charge >= 0.3 is 0 Å². The molecule has 0 aliphatic heterocycles. The predicted molar refractivity (Wildman–Crippen MR) is 101 cm³/mol. The molecule has 1 atom stereocenters. The van der Waals surface area contributed by atoms with Crippen molar-refractivity contribution in [1.82, 2.24) is 9.88 Å². The Morgan fingerprint density at radius 3 is 2.75 bits per heavy atom. The summed E-state index contributed by atoms with van der Waals surface area (Å²) in [6, 6.07) is 8.09. The highest BCUT2D eigenvalue weighted by Crippen LogP contribution is 2.31. The molecule has 1 amide bonds. The normalized spacial score (nSPS) is 16.2. The number of carbonyl (C=O) groups is 1. The van der Waals surface area contributed by atoms with Crippen LogP contribution in [0.2, 0.25) is 0 Å². The molecule has 1 aliphatic carbocycles. The van der Waals surface area contributed by atoms with Crippen LogP contribution in [0.4, 0.5) is 5.69 Å². The zero-order valence-corrected chi connectivity index (χ0v) is 15.4. The van der Waals surface area contributed by atoms with Gasteiger partial charge in [0.15, 0.2) is 0 Å². The molecule has 1 aliphatic rings. The van der Waals surface area contributed by atoms with E-state index < -0.39 is 0 Å². The van der Waals surface area contributed by atoms with Crippen LogP contribution in [0, 0.1) is 13.8 Å². The van der Waals surface area contributed by atoms with Crippen molar-refractivity contribution in [2.75, 3.05) is 5.73 Å². The molecule has 1 unspecified atom stereocenters. The number of nitrogens with one attached hydrogen (secondary N) is 1. The van der Waals surface area contributed by atoms with Crippen LogP contribution in [-0.2, 0) is 13.0 Å². The number of carbonyl (C=O) groups excluding carboxylic acids is 1. The standard InChI is InChI=1S/C19H25N3O.ClH/c1-4-22-12(2)10-17(13(22)3)19(23)21-18-7-5-6-14-11-15(20)8-9-16(14)18;/h8-11,18H,4-7,20H2,1-3H3,(H,21,23);1H. The first kappa shape index (κ1) is 18.4. The summed E-state index contributed by atoms with van der Waals surface area (Å²) in [4.78, 5) is 12.7. The Labute approximate surface area is 149 Å². The van der Waals surface area contributed by atoms with E-state index in [1.54, 1.807) is 0 Å². The van der Waals surface area contributed by atoms with Crippen LogP contribution in [0.3, 0.4) is 0 Å². The fourth-order valence-corrected chi connectivity index (χ4v) is 3.74. The third kappa shape index (κ3) is 3.29. The van der Waals surface area contributed by atoms with Gasteiger partial charge in [0, 0.05) is 23.6 Å². The van der Waals surface area contributed by atoms with Crippen molar-refractivity contribution in [3.8, 4) is 0 Å². The molecule has 3 N–H and O–H groups in total. The number of rotatable bonds is 3. The molecule has 0 fully saturated rings. The highest BCUT2D eigenvalue weighted by atomic mass is 35.5. The number of hydrogen-bond acceptors (Lipinski definition) is 2. The molecule has 1 heterocycles. The highest BCUT2D eigenvalue weighted by Gasteiger charge is 2.24. The molecule has 0 saturated carbocycles. The first-order valence-electron chi connectivity index (χ1n) is 8.37. The van der Waals surface area contributed by atoms with Gasteiger partial charge < -0.3 is 15.6 Å². The van der Waals surface area contributed by atoms with Crippen LogP contribution in [-0.4, -0.2) is 10.5 Å².